The van der Waals surface area contributed by atoms with Crippen molar-refractivity contribution in [1.82, 2.24) is 24.9 Å². The van der Waals surface area contributed by atoms with E-state index in [1.165, 1.54) is 24.3 Å². The number of aromatic nitrogens is 2. The fraction of sp³-hybridized carbons (Fsp3) is 0.486. The molecule has 3 aromatic rings. The molecule has 6 rings (SSSR count). The molecule has 3 fully saturated rings. The highest BCUT2D eigenvalue weighted by atomic mass is 35.5. The Morgan fingerprint density at radius 1 is 1.12 bits per heavy atom. The number of nitrogens with one attached hydrogen (secondary N) is 3. The molecule has 3 amide bonds. The Morgan fingerprint density at radius 2 is 1.81 bits per heavy atom. The van der Waals surface area contributed by atoms with Crippen LogP contribution >= 0.6 is 11.6 Å². The maximum atomic E-state index is 14.7. The maximum Gasteiger partial charge on any atom is 0.259 e. The number of benzene rings is 1. The number of hydrogen-bond donors (Lipinski definition) is 3. The number of ether oxygens (including phenoxy) is 2. The van der Waals surface area contributed by atoms with Crippen molar-refractivity contribution in [2.45, 2.75) is 89.3 Å². The second kappa shape index (κ2) is 13.8. The number of pyridine rings is 2. The normalized spacial score (nSPS) is 23.4. The van der Waals surface area contributed by atoms with Gasteiger partial charge < -0.3 is 25.0 Å². The Bertz CT molecular complexity index is 2030. The van der Waals surface area contributed by atoms with Gasteiger partial charge in [0.2, 0.25) is 27.7 Å². The van der Waals surface area contributed by atoms with E-state index in [1.54, 1.807) is 18.2 Å². The lowest BCUT2D eigenvalue weighted by molar-refractivity contribution is -0.141. The third-order valence-corrected chi connectivity index (χ3v) is 11.9. The summed E-state index contributed by atoms with van der Waals surface area (Å²) < 4.78 is 39.6. The molecule has 0 bridgehead atoms. The smallest absolute Gasteiger partial charge is 0.259 e. The number of hydrogen-bond acceptors (Lipinski definition) is 10. The fourth-order valence-corrected chi connectivity index (χ4v) is 8.41. The predicted molar refractivity (Wildman–Crippen MR) is 198 cm³/mol. The van der Waals surface area contributed by atoms with Crippen LogP contribution in [0.1, 0.15) is 57.8 Å². The van der Waals surface area contributed by atoms with Crippen molar-refractivity contribution in [2.24, 2.45) is 11.3 Å². The van der Waals surface area contributed by atoms with Crippen LogP contribution in [0.25, 0.3) is 10.8 Å². The van der Waals surface area contributed by atoms with Crippen molar-refractivity contribution >= 4 is 55.8 Å². The molecule has 1 unspecified atom stereocenters. The lowest BCUT2D eigenvalue weighted by Crippen LogP contribution is -2.58. The van der Waals surface area contributed by atoms with E-state index >= 15 is 0 Å². The zero-order valence-corrected chi connectivity index (χ0v) is 31.7. The van der Waals surface area contributed by atoms with Crippen molar-refractivity contribution in [3.05, 3.63) is 65.6 Å². The first-order chi connectivity index (χ1) is 24.4. The van der Waals surface area contributed by atoms with Gasteiger partial charge in [-0.2, -0.15) is 0 Å². The van der Waals surface area contributed by atoms with Crippen LogP contribution < -0.4 is 24.8 Å². The molecule has 3 heterocycles. The molecule has 5 atom stereocenters. The van der Waals surface area contributed by atoms with Gasteiger partial charge in [0.15, 0.2) is 0 Å². The number of nitrogens with zero attached hydrogens (tertiary/aromatic N) is 3. The van der Waals surface area contributed by atoms with E-state index in [1.807, 2.05) is 46.8 Å². The molecule has 1 saturated heterocycles. The monoisotopic (exact) mass is 752 g/mol. The summed E-state index contributed by atoms with van der Waals surface area (Å²) >= 11 is 6.36. The number of likely N-dealkylation sites (tertiary alicyclic amines) is 1. The molecular weight excluding hydrogens is 708 g/mol. The number of aryl methyl sites for hydroxylation is 2. The average Bonchev–Trinajstić information content (AvgIpc) is 3.99. The zero-order valence-electron chi connectivity index (χ0n) is 30.2. The number of rotatable bonds is 12. The molecule has 278 valence electrons. The lowest BCUT2D eigenvalue weighted by Gasteiger charge is -2.36. The molecule has 15 heteroatoms. The lowest BCUT2D eigenvalue weighted by atomic mass is 9.85. The van der Waals surface area contributed by atoms with E-state index < -0.39 is 62.1 Å². The summed E-state index contributed by atoms with van der Waals surface area (Å²) in [5, 5.41) is 7.38. The molecule has 3 N–H and O–H groups in total. The van der Waals surface area contributed by atoms with Gasteiger partial charge in [-0.15, -0.1) is 6.58 Å². The number of fused-ring (bicyclic) bond motifs is 1. The highest BCUT2D eigenvalue weighted by molar-refractivity contribution is 7.91. The quantitative estimate of drug-likeness (QED) is 0.225. The molecule has 0 spiro atoms. The van der Waals surface area contributed by atoms with Crippen molar-refractivity contribution in [2.75, 3.05) is 19.0 Å². The molecule has 2 aliphatic carbocycles. The van der Waals surface area contributed by atoms with Crippen LogP contribution in [0.4, 0.5) is 5.69 Å². The minimum absolute atomic E-state index is 0.0233. The molecule has 52 heavy (non-hydrogen) atoms. The summed E-state index contributed by atoms with van der Waals surface area (Å²) in [5.74, 6) is -1.50. The topological polar surface area (TPSA) is 169 Å². The summed E-state index contributed by atoms with van der Waals surface area (Å²) in [6.45, 7) is 13.3. The summed E-state index contributed by atoms with van der Waals surface area (Å²) in [6, 6.07) is 7.08. The number of halogens is 1. The van der Waals surface area contributed by atoms with Crippen LogP contribution in [0.5, 0.6) is 11.6 Å². The number of carbonyl (C=O) groups is 3. The van der Waals surface area contributed by atoms with Gasteiger partial charge in [0.05, 0.1) is 25.1 Å². The zero-order chi connectivity index (χ0) is 37.7. The molecule has 1 aromatic carbocycles. The van der Waals surface area contributed by atoms with Crippen LogP contribution in [0, 0.1) is 25.2 Å². The minimum atomic E-state index is -3.88. The van der Waals surface area contributed by atoms with Crippen molar-refractivity contribution < 1.29 is 32.3 Å². The molecule has 0 radical (unpaired) electrons. The molecule has 2 aromatic heterocycles. The summed E-state index contributed by atoms with van der Waals surface area (Å²) in [4.78, 5) is 53.0. The van der Waals surface area contributed by atoms with E-state index in [0.717, 1.165) is 16.8 Å². The van der Waals surface area contributed by atoms with Gasteiger partial charge in [0.25, 0.3) is 5.91 Å². The molecule has 1 aliphatic heterocycles. The van der Waals surface area contributed by atoms with E-state index in [0.29, 0.717) is 34.7 Å². The highest BCUT2D eigenvalue weighted by Gasteiger charge is 2.62. The summed E-state index contributed by atoms with van der Waals surface area (Å²) in [5.41, 5.74) is 0.128. The van der Waals surface area contributed by atoms with E-state index in [-0.39, 0.29) is 31.2 Å². The molecular formula is C37H45ClN6O7S. The summed E-state index contributed by atoms with van der Waals surface area (Å²) in [6.07, 6.45) is 3.55. The summed E-state index contributed by atoms with van der Waals surface area (Å²) in [7, 11) is -2.34. The number of carbonyl (C=O) groups excluding carboxylic acids is 3. The number of methoxy groups -OCH3 is 1. The van der Waals surface area contributed by atoms with Gasteiger partial charge in [-0.1, -0.05) is 38.4 Å². The first-order valence-electron chi connectivity index (χ1n) is 17.3. The Morgan fingerprint density at radius 3 is 2.40 bits per heavy atom. The second-order valence-corrected chi connectivity index (χ2v) is 17.5. The van der Waals surface area contributed by atoms with Crippen LogP contribution in [0.3, 0.4) is 0 Å². The highest BCUT2D eigenvalue weighted by Crippen LogP contribution is 2.46. The number of sulfonamides is 1. The Hall–Kier alpha value is -4.43. The minimum Gasteiger partial charge on any atom is -0.494 e. The Balaban J connectivity index is 1.33. The standard InChI is InChI=1S/C37H45ClN6O7S/c1-8-22-17-37(22,35(47)43-52(48,49)26-10-11-26)42-32(45)29-16-25(51-33-28-15-23(38)9-12-27(28)30(50-7)18-39-33)19-44(29)34(46)31(36(4,5)6)41-24-13-20(2)40-21(3)14-24/h8-9,12-15,18,22,25-26,29,31H,1,10-11,16-17,19H2,2-7H3,(H,40,41)(H,42,45)(H,43,47)/t22-,25-,29+,31?,37-/m1/s1. The van der Waals surface area contributed by atoms with Gasteiger partial charge in [-0.3, -0.25) is 24.1 Å². The van der Waals surface area contributed by atoms with Crippen LogP contribution in [-0.4, -0.2) is 83.6 Å². The largest absolute Gasteiger partial charge is 0.494 e. The Labute approximate surface area is 308 Å². The van der Waals surface area contributed by atoms with Crippen LogP contribution in [0.15, 0.2) is 49.2 Å². The maximum absolute atomic E-state index is 14.7. The SMILES string of the molecule is C=C[C@@H]1C[C@]1(NC(=O)[C@@H]1C[C@@H](Oc2ncc(OC)c3ccc(Cl)cc23)CN1C(=O)C(Nc1cc(C)nc(C)c1)C(C)(C)C)C(=O)NS(=O)(=O)C1CC1. The second-order valence-electron chi connectivity index (χ2n) is 15.1. The molecule has 2 saturated carbocycles. The predicted octanol–water partition coefficient (Wildman–Crippen LogP) is 4.45. The first-order valence-corrected chi connectivity index (χ1v) is 19.2. The van der Waals surface area contributed by atoms with Gasteiger partial charge >= 0.3 is 0 Å². The van der Waals surface area contributed by atoms with Crippen molar-refractivity contribution in [3.8, 4) is 11.6 Å². The van der Waals surface area contributed by atoms with Gasteiger partial charge in [0.1, 0.15) is 29.5 Å². The van der Waals surface area contributed by atoms with Crippen LogP contribution in [-0.2, 0) is 24.4 Å². The molecule has 13 nitrogen and oxygen atoms in total. The fourth-order valence-electron chi connectivity index (χ4n) is 6.87. The van der Waals surface area contributed by atoms with E-state index in [4.69, 9.17) is 21.1 Å². The third kappa shape index (κ3) is 7.54. The first kappa shape index (κ1) is 37.3. The Kier molecular flexibility index (Phi) is 9.94. The van der Waals surface area contributed by atoms with Gasteiger partial charge in [-0.05, 0) is 68.9 Å². The van der Waals surface area contributed by atoms with E-state index in [9.17, 15) is 22.8 Å². The van der Waals surface area contributed by atoms with Gasteiger partial charge in [0, 0.05) is 45.2 Å². The van der Waals surface area contributed by atoms with Crippen molar-refractivity contribution in [3.63, 3.8) is 0 Å². The average molecular weight is 753 g/mol. The number of anilines is 1. The van der Waals surface area contributed by atoms with Crippen molar-refractivity contribution in [1.29, 1.82) is 0 Å². The van der Waals surface area contributed by atoms with Crippen LogP contribution in [0.2, 0.25) is 5.02 Å². The third-order valence-electron chi connectivity index (χ3n) is 9.88. The number of amides is 3. The van der Waals surface area contributed by atoms with E-state index in [2.05, 4.69) is 31.9 Å². The van der Waals surface area contributed by atoms with Gasteiger partial charge in [-0.25, -0.2) is 13.4 Å². The molecule has 3 aliphatic rings.